The summed E-state index contributed by atoms with van der Waals surface area (Å²) in [6.07, 6.45) is 1.12. The molecule has 0 aliphatic carbocycles. The van der Waals surface area contributed by atoms with Gasteiger partial charge >= 0.3 is 0 Å². The first-order valence-corrected chi connectivity index (χ1v) is 7.45. The molecule has 1 fully saturated rings. The molecule has 0 unspecified atom stereocenters. The molecule has 1 aliphatic heterocycles. The van der Waals surface area contributed by atoms with Crippen LogP contribution in [0.1, 0.15) is 16.8 Å². The highest BCUT2D eigenvalue weighted by molar-refractivity contribution is 6.05. The smallest absolute Gasteiger partial charge is 0.255 e. The van der Waals surface area contributed by atoms with Gasteiger partial charge in [0.15, 0.2) is 0 Å². The standard InChI is InChI=1S/C17H20N4O/c18-15-3-1-2-4-16(15)21-17(22)12-5-7-13(8-6-12)20-14-9-10-19-11-14/h1-8,14,19-20H,9-11,18H2,(H,21,22)/t14-/m1/s1. The number of rotatable bonds is 4. The number of hydrogen-bond donors (Lipinski definition) is 4. The second-order valence-corrected chi connectivity index (χ2v) is 5.45. The van der Waals surface area contributed by atoms with Crippen LogP contribution >= 0.6 is 0 Å². The molecule has 2 aromatic carbocycles. The summed E-state index contributed by atoms with van der Waals surface area (Å²) in [5.74, 6) is -0.160. The monoisotopic (exact) mass is 296 g/mol. The normalized spacial score (nSPS) is 17.2. The quantitative estimate of drug-likeness (QED) is 0.653. The van der Waals surface area contributed by atoms with Gasteiger partial charge in [0.2, 0.25) is 0 Å². The molecule has 0 bridgehead atoms. The highest BCUT2D eigenvalue weighted by Crippen LogP contribution is 2.19. The van der Waals surface area contributed by atoms with E-state index in [1.165, 1.54) is 0 Å². The zero-order valence-electron chi connectivity index (χ0n) is 12.3. The lowest BCUT2D eigenvalue weighted by molar-refractivity contribution is 0.102. The number of carbonyl (C=O) groups is 1. The number of nitrogens with one attached hydrogen (secondary N) is 3. The van der Waals surface area contributed by atoms with Crippen molar-refractivity contribution in [1.82, 2.24) is 5.32 Å². The number of hydrogen-bond acceptors (Lipinski definition) is 4. The first-order valence-electron chi connectivity index (χ1n) is 7.45. The van der Waals surface area contributed by atoms with Crippen LogP contribution in [0.25, 0.3) is 0 Å². The van der Waals surface area contributed by atoms with E-state index in [2.05, 4.69) is 16.0 Å². The predicted octanol–water partition coefficient (Wildman–Crippen LogP) is 2.29. The minimum Gasteiger partial charge on any atom is -0.397 e. The van der Waals surface area contributed by atoms with Gasteiger partial charge in [-0.05, 0) is 49.4 Å². The summed E-state index contributed by atoms with van der Waals surface area (Å²) in [5.41, 5.74) is 8.66. The maximum Gasteiger partial charge on any atom is 0.255 e. The summed E-state index contributed by atoms with van der Waals surface area (Å²) < 4.78 is 0. The topological polar surface area (TPSA) is 79.2 Å². The molecule has 3 rings (SSSR count). The van der Waals surface area contributed by atoms with Gasteiger partial charge in [-0.1, -0.05) is 12.1 Å². The van der Waals surface area contributed by atoms with Gasteiger partial charge in [0.05, 0.1) is 11.4 Å². The van der Waals surface area contributed by atoms with Crippen LogP contribution in [0.3, 0.4) is 0 Å². The summed E-state index contributed by atoms with van der Waals surface area (Å²) >= 11 is 0. The van der Waals surface area contributed by atoms with Crippen molar-refractivity contribution in [3.8, 4) is 0 Å². The summed E-state index contributed by atoms with van der Waals surface area (Å²) in [7, 11) is 0. The van der Waals surface area contributed by atoms with E-state index in [1.807, 2.05) is 36.4 Å². The lowest BCUT2D eigenvalue weighted by Gasteiger charge is -2.13. The number of carbonyl (C=O) groups excluding carboxylic acids is 1. The minimum absolute atomic E-state index is 0.160. The van der Waals surface area contributed by atoms with Gasteiger partial charge in [-0.25, -0.2) is 0 Å². The minimum atomic E-state index is -0.160. The molecule has 5 heteroatoms. The zero-order chi connectivity index (χ0) is 15.4. The Hall–Kier alpha value is -2.53. The van der Waals surface area contributed by atoms with E-state index in [-0.39, 0.29) is 5.91 Å². The summed E-state index contributed by atoms with van der Waals surface area (Å²) in [6, 6.07) is 15.2. The molecular formula is C17H20N4O. The molecule has 1 aliphatic rings. The third kappa shape index (κ3) is 3.38. The van der Waals surface area contributed by atoms with Crippen molar-refractivity contribution < 1.29 is 4.79 Å². The molecule has 22 heavy (non-hydrogen) atoms. The van der Waals surface area contributed by atoms with E-state index in [1.54, 1.807) is 12.1 Å². The Labute approximate surface area is 129 Å². The zero-order valence-corrected chi connectivity index (χ0v) is 12.3. The molecule has 1 amide bonds. The molecule has 5 nitrogen and oxygen atoms in total. The van der Waals surface area contributed by atoms with Gasteiger partial charge in [-0.2, -0.15) is 0 Å². The first-order chi connectivity index (χ1) is 10.7. The fourth-order valence-corrected chi connectivity index (χ4v) is 2.54. The van der Waals surface area contributed by atoms with E-state index in [0.717, 1.165) is 25.2 Å². The molecular weight excluding hydrogens is 276 g/mol. The fourth-order valence-electron chi connectivity index (χ4n) is 2.54. The highest BCUT2D eigenvalue weighted by atomic mass is 16.1. The van der Waals surface area contributed by atoms with E-state index >= 15 is 0 Å². The van der Waals surface area contributed by atoms with Gasteiger partial charge in [0.1, 0.15) is 0 Å². The molecule has 1 saturated heterocycles. The van der Waals surface area contributed by atoms with E-state index in [9.17, 15) is 4.79 Å². The van der Waals surface area contributed by atoms with Crippen LogP contribution in [-0.2, 0) is 0 Å². The number of benzene rings is 2. The van der Waals surface area contributed by atoms with Crippen LogP contribution in [0.15, 0.2) is 48.5 Å². The Morgan fingerprint density at radius 1 is 1.14 bits per heavy atom. The lowest BCUT2D eigenvalue weighted by atomic mass is 10.1. The van der Waals surface area contributed by atoms with Crippen LogP contribution in [-0.4, -0.2) is 25.0 Å². The van der Waals surface area contributed by atoms with E-state index in [0.29, 0.717) is 23.0 Å². The molecule has 0 saturated carbocycles. The Morgan fingerprint density at radius 2 is 1.91 bits per heavy atom. The third-order valence-corrected chi connectivity index (χ3v) is 3.79. The molecule has 5 N–H and O–H groups in total. The van der Waals surface area contributed by atoms with E-state index < -0.39 is 0 Å². The number of amides is 1. The molecule has 114 valence electrons. The SMILES string of the molecule is Nc1ccccc1NC(=O)c1ccc(N[C@@H]2CCNC2)cc1. The Kier molecular flexibility index (Phi) is 4.25. The Balaban J connectivity index is 1.64. The third-order valence-electron chi connectivity index (χ3n) is 3.79. The molecule has 0 radical (unpaired) electrons. The van der Waals surface area contributed by atoms with Crippen LogP contribution < -0.4 is 21.7 Å². The van der Waals surface area contributed by atoms with Gasteiger partial charge in [0.25, 0.3) is 5.91 Å². The summed E-state index contributed by atoms with van der Waals surface area (Å²) in [6.45, 7) is 2.03. The number of nitrogens with two attached hydrogens (primary N) is 1. The van der Waals surface area contributed by atoms with Crippen LogP contribution in [0.4, 0.5) is 17.1 Å². The van der Waals surface area contributed by atoms with Crippen molar-refractivity contribution in [1.29, 1.82) is 0 Å². The van der Waals surface area contributed by atoms with Crippen LogP contribution in [0.5, 0.6) is 0 Å². The molecule has 0 spiro atoms. The Bertz CT molecular complexity index is 648. The van der Waals surface area contributed by atoms with Crippen molar-refractivity contribution >= 4 is 23.0 Å². The summed E-state index contributed by atoms with van der Waals surface area (Å²) in [4.78, 5) is 12.2. The average Bonchev–Trinajstić information content (AvgIpc) is 3.03. The molecule has 1 heterocycles. The first kappa shape index (κ1) is 14.4. The highest BCUT2D eigenvalue weighted by Gasteiger charge is 2.14. The average molecular weight is 296 g/mol. The van der Waals surface area contributed by atoms with Crippen molar-refractivity contribution in [3.05, 3.63) is 54.1 Å². The van der Waals surface area contributed by atoms with Crippen molar-refractivity contribution in [2.75, 3.05) is 29.5 Å². The molecule has 0 aromatic heterocycles. The van der Waals surface area contributed by atoms with Gasteiger partial charge < -0.3 is 21.7 Å². The van der Waals surface area contributed by atoms with Crippen molar-refractivity contribution in [2.45, 2.75) is 12.5 Å². The van der Waals surface area contributed by atoms with Crippen LogP contribution in [0, 0.1) is 0 Å². The second-order valence-electron chi connectivity index (χ2n) is 5.45. The van der Waals surface area contributed by atoms with Gasteiger partial charge in [0, 0.05) is 23.8 Å². The fraction of sp³-hybridized carbons (Fsp3) is 0.235. The van der Waals surface area contributed by atoms with Crippen LogP contribution in [0.2, 0.25) is 0 Å². The predicted molar refractivity (Wildman–Crippen MR) is 90.1 cm³/mol. The number of para-hydroxylation sites is 2. The number of anilines is 3. The van der Waals surface area contributed by atoms with Crippen molar-refractivity contribution in [3.63, 3.8) is 0 Å². The maximum absolute atomic E-state index is 12.2. The van der Waals surface area contributed by atoms with Crippen molar-refractivity contribution in [2.24, 2.45) is 0 Å². The number of nitrogen functional groups attached to an aromatic ring is 1. The van der Waals surface area contributed by atoms with E-state index in [4.69, 9.17) is 5.73 Å². The Morgan fingerprint density at radius 3 is 2.59 bits per heavy atom. The molecule has 2 aromatic rings. The molecule has 1 atom stereocenters. The lowest BCUT2D eigenvalue weighted by Crippen LogP contribution is -2.22. The van der Waals surface area contributed by atoms with Gasteiger partial charge in [-0.15, -0.1) is 0 Å². The second kappa shape index (κ2) is 6.49. The van der Waals surface area contributed by atoms with Gasteiger partial charge in [-0.3, -0.25) is 4.79 Å². The maximum atomic E-state index is 12.2. The largest absolute Gasteiger partial charge is 0.397 e. The summed E-state index contributed by atoms with van der Waals surface area (Å²) in [5, 5.41) is 9.59.